The van der Waals surface area contributed by atoms with Gasteiger partial charge in [-0.25, -0.2) is 0 Å². The SMILES string of the molecule is NC(=O)CNC(=O)CNC(=O)CN(CCO)CCO. The van der Waals surface area contributed by atoms with Crippen LogP contribution in [0, 0.1) is 0 Å². The first-order valence-corrected chi connectivity index (χ1v) is 5.75. The summed E-state index contributed by atoms with van der Waals surface area (Å²) in [5, 5.41) is 22.1. The average Bonchev–Trinajstić information content (AvgIpc) is 2.34. The summed E-state index contributed by atoms with van der Waals surface area (Å²) in [6.07, 6.45) is 0. The van der Waals surface area contributed by atoms with Crippen LogP contribution in [0.1, 0.15) is 0 Å². The standard InChI is InChI=1S/C10H20N4O5/c11-8(17)5-12-9(18)6-13-10(19)7-14(1-3-15)2-4-16/h15-16H,1-7H2,(H2,11,17)(H,12,18)(H,13,19). The van der Waals surface area contributed by atoms with Crippen LogP contribution in [0.2, 0.25) is 0 Å². The Morgan fingerprint density at radius 3 is 1.95 bits per heavy atom. The Labute approximate surface area is 110 Å². The second-order valence-electron chi connectivity index (χ2n) is 3.74. The lowest BCUT2D eigenvalue weighted by Gasteiger charge is -2.19. The zero-order valence-corrected chi connectivity index (χ0v) is 10.6. The number of aliphatic hydroxyl groups is 2. The van der Waals surface area contributed by atoms with E-state index in [9.17, 15) is 14.4 Å². The van der Waals surface area contributed by atoms with E-state index in [1.807, 2.05) is 0 Å². The molecule has 0 unspecified atom stereocenters. The third-order valence-electron chi connectivity index (χ3n) is 2.11. The highest BCUT2D eigenvalue weighted by molar-refractivity contribution is 5.88. The number of aliphatic hydroxyl groups excluding tert-OH is 2. The van der Waals surface area contributed by atoms with Crippen molar-refractivity contribution in [3.8, 4) is 0 Å². The van der Waals surface area contributed by atoms with Gasteiger partial charge in [0.25, 0.3) is 0 Å². The van der Waals surface area contributed by atoms with Crippen LogP contribution in [0.15, 0.2) is 0 Å². The fourth-order valence-corrected chi connectivity index (χ4v) is 1.24. The van der Waals surface area contributed by atoms with Crippen molar-refractivity contribution >= 4 is 17.7 Å². The number of carbonyl (C=O) groups excluding carboxylic acids is 3. The van der Waals surface area contributed by atoms with E-state index >= 15 is 0 Å². The quantitative estimate of drug-likeness (QED) is 0.275. The minimum atomic E-state index is -0.670. The van der Waals surface area contributed by atoms with E-state index in [1.54, 1.807) is 0 Å². The highest BCUT2D eigenvalue weighted by Crippen LogP contribution is 1.86. The van der Waals surface area contributed by atoms with Crippen molar-refractivity contribution in [3.63, 3.8) is 0 Å². The molecule has 6 N–H and O–H groups in total. The fraction of sp³-hybridized carbons (Fsp3) is 0.700. The van der Waals surface area contributed by atoms with Crippen LogP contribution in [0.25, 0.3) is 0 Å². The lowest BCUT2D eigenvalue weighted by molar-refractivity contribution is -0.127. The molecule has 0 saturated carbocycles. The number of nitrogens with one attached hydrogen (secondary N) is 2. The number of nitrogens with two attached hydrogens (primary N) is 1. The van der Waals surface area contributed by atoms with Crippen LogP contribution in [0.5, 0.6) is 0 Å². The van der Waals surface area contributed by atoms with Gasteiger partial charge in [-0.3, -0.25) is 19.3 Å². The molecule has 0 bridgehead atoms. The van der Waals surface area contributed by atoms with Crippen LogP contribution in [-0.2, 0) is 14.4 Å². The van der Waals surface area contributed by atoms with Gasteiger partial charge in [0.05, 0.1) is 32.8 Å². The topological polar surface area (TPSA) is 145 Å². The molecule has 110 valence electrons. The molecule has 0 heterocycles. The smallest absolute Gasteiger partial charge is 0.239 e. The van der Waals surface area contributed by atoms with Crippen molar-refractivity contribution in [2.75, 3.05) is 45.9 Å². The first-order valence-electron chi connectivity index (χ1n) is 5.75. The molecular formula is C10H20N4O5. The molecule has 0 aliphatic rings. The number of nitrogens with zero attached hydrogens (tertiary/aromatic N) is 1. The van der Waals surface area contributed by atoms with E-state index in [-0.39, 0.29) is 45.9 Å². The molecule has 3 amide bonds. The number of amides is 3. The first-order chi connectivity index (χ1) is 8.99. The summed E-state index contributed by atoms with van der Waals surface area (Å²) >= 11 is 0. The van der Waals surface area contributed by atoms with Gasteiger partial charge in [-0.2, -0.15) is 0 Å². The van der Waals surface area contributed by atoms with Crippen LogP contribution < -0.4 is 16.4 Å². The number of rotatable bonds is 10. The molecule has 0 aliphatic heterocycles. The van der Waals surface area contributed by atoms with Crippen LogP contribution >= 0.6 is 0 Å². The summed E-state index contributed by atoms with van der Waals surface area (Å²) in [6, 6.07) is 0. The van der Waals surface area contributed by atoms with Gasteiger partial charge in [0.15, 0.2) is 0 Å². The Kier molecular flexibility index (Phi) is 9.31. The molecular weight excluding hydrogens is 256 g/mol. The average molecular weight is 276 g/mol. The van der Waals surface area contributed by atoms with Crippen molar-refractivity contribution in [1.82, 2.24) is 15.5 Å². The lowest BCUT2D eigenvalue weighted by Crippen LogP contribution is -2.44. The van der Waals surface area contributed by atoms with Gasteiger partial charge in [-0.05, 0) is 0 Å². The van der Waals surface area contributed by atoms with Gasteiger partial charge < -0.3 is 26.6 Å². The predicted octanol–water partition coefficient (Wildman–Crippen LogP) is -4.01. The minimum Gasteiger partial charge on any atom is -0.395 e. The van der Waals surface area contributed by atoms with Gasteiger partial charge >= 0.3 is 0 Å². The largest absolute Gasteiger partial charge is 0.395 e. The maximum Gasteiger partial charge on any atom is 0.239 e. The van der Waals surface area contributed by atoms with E-state index in [0.717, 1.165) is 0 Å². The van der Waals surface area contributed by atoms with E-state index < -0.39 is 17.7 Å². The number of primary amides is 1. The Hall–Kier alpha value is -1.71. The van der Waals surface area contributed by atoms with E-state index in [0.29, 0.717) is 0 Å². The van der Waals surface area contributed by atoms with E-state index in [1.165, 1.54) is 4.90 Å². The van der Waals surface area contributed by atoms with Gasteiger partial charge in [-0.1, -0.05) is 0 Å². The molecule has 0 radical (unpaired) electrons. The molecule has 9 nitrogen and oxygen atoms in total. The maximum atomic E-state index is 11.5. The van der Waals surface area contributed by atoms with Gasteiger partial charge in [0.1, 0.15) is 0 Å². The molecule has 9 heteroatoms. The predicted molar refractivity (Wildman–Crippen MR) is 65.8 cm³/mol. The number of hydrogen-bond donors (Lipinski definition) is 5. The van der Waals surface area contributed by atoms with Crippen LogP contribution in [0.4, 0.5) is 0 Å². The van der Waals surface area contributed by atoms with Crippen LogP contribution in [0.3, 0.4) is 0 Å². The van der Waals surface area contributed by atoms with Gasteiger partial charge in [0, 0.05) is 13.1 Å². The molecule has 0 spiro atoms. The third-order valence-corrected chi connectivity index (χ3v) is 2.11. The third kappa shape index (κ3) is 9.94. The van der Waals surface area contributed by atoms with E-state index in [4.69, 9.17) is 15.9 Å². The fourth-order valence-electron chi connectivity index (χ4n) is 1.24. The Morgan fingerprint density at radius 1 is 0.947 bits per heavy atom. The maximum absolute atomic E-state index is 11.5. The van der Waals surface area contributed by atoms with Crippen molar-refractivity contribution < 1.29 is 24.6 Å². The number of hydrogen-bond acceptors (Lipinski definition) is 6. The Bertz CT molecular complexity index is 304. The molecule has 19 heavy (non-hydrogen) atoms. The molecule has 0 fully saturated rings. The van der Waals surface area contributed by atoms with E-state index in [2.05, 4.69) is 10.6 Å². The second-order valence-corrected chi connectivity index (χ2v) is 3.74. The summed E-state index contributed by atoms with van der Waals surface area (Å²) < 4.78 is 0. The summed E-state index contributed by atoms with van der Waals surface area (Å²) in [4.78, 5) is 34.6. The normalized spacial score (nSPS) is 10.3. The molecule has 0 aromatic heterocycles. The van der Waals surface area contributed by atoms with Gasteiger partial charge in [0.2, 0.25) is 17.7 Å². The lowest BCUT2D eigenvalue weighted by atomic mass is 10.4. The highest BCUT2D eigenvalue weighted by Gasteiger charge is 2.11. The molecule has 0 rings (SSSR count). The molecule has 0 atom stereocenters. The van der Waals surface area contributed by atoms with Crippen molar-refractivity contribution in [2.45, 2.75) is 0 Å². The minimum absolute atomic E-state index is 0.0375. The Morgan fingerprint density at radius 2 is 1.47 bits per heavy atom. The zero-order chi connectivity index (χ0) is 14.7. The molecule has 0 aliphatic carbocycles. The summed E-state index contributed by atoms with van der Waals surface area (Å²) in [7, 11) is 0. The second kappa shape index (κ2) is 10.2. The number of carbonyl (C=O) groups is 3. The van der Waals surface area contributed by atoms with Crippen molar-refractivity contribution in [1.29, 1.82) is 0 Å². The Balaban J connectivity index is 3.89. The van der Waals surface area contributed by atoms with Crippen molar-refractivity contribution in [2.24, 2.45) is 5.73 Å². The summed E-state index contributed by atoms with van der Waals surface area (Å²) in [6.45, 7) is -0.346. The van der Waals surface area contributed by atoms with Gasteiger partial charge in [-0.15, -0.1) is 0 Å². The summed E-state index contributed by atoms with van der Waals surface area (Å²) in [5.74, 6) is -1.61. The van der Waals surface area contributed by atoms with Crippen molar-refractivity contribution in [3.05, 3.63) is 0 Å². The van der Waals surface area contributed by atoms with Crippen LogP contribution in [-0.4, -0.2) is 78.8 Å². The monoisotopic (exact) mass is 276 g/mol. The molecule has 0 aromatic carbocycles. The highest BCUT2D eigenvalue weighted by atomic mass is 16.3. The zero-order valence-electron chi connectivity index (χ0n) is 10.6. The summed E-state index contributed by atoms with van der Waals surface area (Å²) in [5.41, 5.74) is 4.83. The first kappa shape index (κ1) is 17.3. The molecule has 0 saturated heterocycles. The molecule has 0 aromatic rings.